The molecule has 1 aromatic carbocycles. The topological polar surface area (TPSA) is 68.0 Å². The van der Waals surface area contributed by atoms with Crippen molar-refractivity contribution in [3.05, 3.63) is 70.9 Å². The van der Waals surface area contributed by atoms with Crippen LogP contribution in [-0.2, 0) is 13.0 Å². The van der Waals surface area contributed by atoms with Crippen LogP contribution < -0.4 is 5.32 Å². The van der Waals surface area contributed by atoms with E-state index in [4.69, 9.17) is 0 Å². The first kappa shape index (κ1) is 14.7. The number of hydrogen-bond donors (Lipinski definition) is 1. The molecule has 3 aromatic heterocycles. The Morgan fingerprint density at radius 2 is 1.88 bits per heavy atom. The van der Waals surface area contributed by atoms with Gasteiger partial charge in [0.2, 0.25) is 5.13 Å². The lowest BCUT2D eigenvalue weighted by Gasteiger charge is -2.00. The van der Waals surface area contributed by atoms with Gasteiger partial charge in [0.1, 0.15) is 10.8 Å². The van der Waals surface area contributed by atoms with E-state index >= 15 is 0 Å². The molecule has 0 bridgehead atoms. The Hall–Kier alpha value is -2.87. The van der Waals surface area contributed by atoms with Gasteiger partial charge in [0.15, 0.2) is 11.5 Å². The van der Waals surface area contributed by atoms with Gasteiger partial charge < -0.3 is 5.32 Å². The zero-order valence-electron chi connectivity index (χ0n) is 12.6. The van der Waals surface area contributed by atoms with Crippen molar-refractivity contribution in [2.45, 2.75) is 13.0 Å². The number of rotatable bonds is 5. The minimum atomic E-state index is -0.237. The number of pyridine rings is 1. The summed E-state index contributed by atoms with van der Waals surface area (Å²) in [5.41, 5.74) is 1.81. The summed E-state index contributed by atoms with van der Waals surface area (Å²) >= 11 is 1.47. The molecule has 120 valence electrons. The molecule has 6 nitrogen and oxygen atoms in total. The van der Waals surface area contributed by atoms with E-state index < -0.39 is 0 Å². The van der Waals surface area contributed by atoms with E-state index in [2.05, 4.69) is 25.7 Å². The molecule has 0 fully saturated rings. The Bertz CT molecular complexity index is 962. The summed E-state index contributed by atoms with van der Waals surface area (Å²) in [6, 6.07) is 12.2. The summed E-state index contributed by atoms with van der Waals surface area (Å²) in [6.45, 7) is 0.510. The Morgan fingerprint density at radius 1 is 1.00 bits per heavy atom. The van der Waals surface area contributed by atoms with Crippen molar-refractivity contribution >= 4 is 22.1 Å². The van der Waals surface area contributed by atoms with E-state index in [9.17, 15) is 4.39 Å². The number of nitrogens with one attached hydrogen (secondary N) is 1. The fraction of sp³-hybridized carbons (Fsp3) is 0.125. The van der Waals surface area contributed by atoms with Gasteiger partial charge >= 0.3 is 0 Å². The minimum absolute atomic E-state index is 0.237. The molecule has 0 saturated heterocycles. The number of hydrogen-bond acceptors (Lipinski definition) is 6. The molecule has 0 unspecified atom stereocenters. The largest absolute Gasteiger partial charge is 0.353 e. The molecular weight excluding hydrogens is 327 g/mol. The Kier molecular flexibility index (Phi) is 3.87. The molecule has 24 heavy (non-hydrogen) atoms. The third-order valence-corrected chi connectivity index (χ3v) is 4.40. The molecular formula is C16H13FN6S. The molecule has 0 saturated carbocycles. The van der Waals surface area contributed by atoms with Crippen LogP contribution in [0.1, 0.15) is 16.4 Å². The summed E-state index contributed by atoms with van der Waals surface area (Å²) in [7, 11) is 0. The Morgan fingerprint density at radius 3 is 2.75 bits per heavy atom. The molecule has 0 aliphatic heterocycles. The minimum Gasteiger partial charge on any atom is -0.353 e. The summed E-state index contributed by atoms with van der Waals surface area (Å²) in [5.74, 6) is 0.569. The average molecular weight is 340 g/mol. The molecule has 0 spiro atoms. The fourth-order valence-corrected chi connectivity index (χ4v) is 3.11. The van der Waals surface area contributed by atoms with E-state index in [1.165, 1.54) is 23.5 Å². The monoisotopic (exact) mass is 340 g/mol. The molecule has 3 heterocycles. The van der Waals surface area contributed by atoms with Crippen molar-refractivity contribution < 1.29 is 4.39 Å². The second kappa shape index (κ2) is 6.32. The second-order valence-corrected chi connectivity index (χ2v) is 6.26. The third-order valence-electron chi connectivity index (χ3n) is 3.52. The predicted molar refractivity (Wildman–Crippen MR) is 89.4 cm³/mol. The molecule has 4 rings (SSSR count). The van der Waals surface area contributed by atoms with Gasteiger partial charge in [-0.05, 0) is 29.8 Å². The van der Waals surface area contributed by atoms with Crippen LogP contribution in [0.4, 0.5) is 9.52 Å². The van der Waals surface area contributed by atoms with Crippen molar-refractivity contribution in [2.24, 2.45) is 0 Å². The number of fused-ring (bicyclic) bond motifs is 1. The molecule has 4 aromatic rings. The predicted octanol–water partition coefficient (Wildman–Crippen LogP) is 2.92. The molecule has 0 amide bonds. The van der Waals surface area contributed by atoms with Gasteiger partial charge in [-0.25, -0.2) is 4.39 Å². The average Bonchev–Trinajstić information content (AvgIpc) is 3.22. The SMILES string of the molecule is Fc1ccc(Cc2nnc(NCc3nnc4ccccn34)s2)cc1. The van der Waals surface area contributed by atoms with E-state index in [0.29, 0.717) is 13.0 Å². The summed E-state index contributed by atoms with van der Waals surface area (Å²) in [4.78, 5) is 0. The van der Waals surface area contributed by atoms with E-state index in [1.807, 2.05) is 28.8 Å². The van der Waals surface area contributed by atoms with Crippen LogP contribution in [0.15, 0.2) is 48.7 Å². The van der Waals surface area contributed by atoms with Crippen LogP contribution in [0.5, 0.6) is 0 Å². The summed E-state index contributed by atoms with van der Waals surface area (Å²) < 4.78 is 14.9. The lowest BCUT2D eigenvalue weighted by atomic mass is 10.2. The van der Waals surface area contributed by atoms with Crippen molar-refractivity contribution in [2.75, 3.05) is 5.32 Å². The maximum absolute atomic E-state index is 12.9. The maximum atomic E-state index is 12.9. The van der Waals surface area contributed by atoms with Crippen molar-refractivity contribution in [1.82, 2.24) is 24.8 Å². The maximum Gasteiger partial charge on any atom is 0.206 e. The molecule has 1 N–H and O–H groups in total. The van der Waals surface area contributed by atoms with Crippen molar-refractivity contribution in [3.63, 3.8) is 0 Å². The third kappa shape index (κ3) is 3.09. The number of aromatic nitrogens is 5. The van der Waals surface area contributed by atoms with Gasteiger partial charge in [0, 0.05) is 12.6 Å². The van der Waals surface area contributed by atoms with Crippen molar-refractivity contribution in [3.8, 4) is 0 Å². The standard InChI is InChI=1S/C16H13FN6S/c17-12-6-4-11(5-7-12)9-15-21-22-16(24-15)18-10-14-20-19-13-3-1-2-8-23(13)14/h1-8H,9-10H2,(H,18,22). The molecule has 0 aliphatic carbocycles. The van der Waals surface area contributed by atoms with Crippen LogP contribution in [0.25, 0.3) is 5.65 Å². The van der Waals surface area contributed by atoms with Crippen LogP contribution in [0, 0.1) is 5.82 Å². The lowest BCUT2D eigenvalue weighted by molar-refractivity contribution is 0.627. The summed E-state index contributed by atoms with van der Waals surface area (Å²) in [5, 5.41) is 21.4. The summed E-state index contributed by atoms with van der Waals surface area (Å²) in [6.07, 6.45) is 2.56. The van der Waals surface area contributed by atoms with Gasteiger partial charge in [-0.1, -0.05) is 29.5 Å². The van der Waals surface area contributed by atoms with Gasteiger partial charge in [0.25, 0.3) is 0 Å². The van der Waals surface area contributed by atoms with Gasteiger partial charge in [-0.2, -0.15) is 0 Å². The van der Waals surface area contributed by atoms with E-state index in [1.54, 1.807) is 12.1 Å². The van der Waals surface area contributed by atoms with E-state index in [-0.39, 0.29) is 5.82 Å². The first-order chi connectivity index (χ1) is 11.8. The van der Waals surface area contributed by atoms with E-state index in [0.717, 1.165) is 27.2 Å². The van der Waals surface area contributed by atoms with Gasteiger partial charge in [0.05, 0.1) is 6.54 Å². The zero-order valence-corrected chi connectivity index (χ0v) is 13.4. The zero-order chi connectivity index (χ0) is 16.4. The van der Waals surface area contributed by atoms with Gasteiger partial charge in [-0.3, -0.25) is 4.40 Å². The van der Waals surface area contributed by atoms with Crippen LogP contribution in [-0.4, -0.2) is 24.8 Å². The number of nitrogens with zero attached hydrogens (tertiary/aromatic N) is 5. The highest BCUT2D eigenvalue weighted by atomic mass is 32.1. The number of benzene rings is 1. The molecule has 0 aliphatic rings. The highest BCUT2D eigenvalue weighted by Crippen LogP contribution is 2.19. The lowest BCUT2D eigenvalue weighted by Crippen LogP contribution is -2.03. The smallest absolute Gasteiger partial charge is 0.206 e. The Labute approximate surface area is 141 Å². The van der Waals surface area contributed by atoms with Crippen molar-refractivity contribution in [1.29, 1.82) is 0 Å². The number of anilines is 1. The molecule has 8 heteroatoms. The first-order valence-electron chi connectivity index (χ1n) is 7.37. The highest BCUT2D eigenvalue weighted by molar-refractivity contribution is 7.15. The molecule has 0 radical (unpaired) electrons. The second-order valence-electron chi connectivity index (χ2n) is 5.20. The normalized spacial score (nSPS) is 11.0. The molecule has 0 atom stereocenters. The van der Waals surface area contributed by atoms with Crippen LogP contribution in [0.2, 0.25) is 0 Å². The van der Waals surface area contributed by atoms with Gasteiger partial charge in [-0.15, -0.1) is 20.4 Å². The fourth-order valence-electron chi connectivity index (χ4n) is 2.34. The highest BCUT2D eigenvalue weighted by Gasteiger charge is 2.08. The first-order valence-corrected chi connectivity index (χ1v) is 8.19. The Balaban J connectivity index is 1.42. The van der Waals surface area contributed by atoms with Crippen LogP contribution >= 0.6 is 11.3 Å². The quantitative estimate of drug-likeness (QED) is 0.605. The van der Waals surface area contributed by atoms with Crippen LogP contribution in [0.3, 0.4) is 0 Å². The number of halogens is 1.